The molecule has 5 nitrogen and oxygen atoms in total. The number of nitrogens with one attached hydrogen (secondary N) is 1. The highest BCUT2D eigenvalue weighted by Gasteiger charge is 2.08. The van der Waals surface area contributed by atoms with Gasteiger partial charge in [0, 0.05) is 9.92 Å². The fraction of sp³-hybridized carbons (Fsp3) is 0. The van der Waals surface area contributed by atoms with E-state index in [1.165, 1.54) is 18.1 Å². The first-order valence-electron chi connectivity index (χ1n) is 4.71. The van der Waals surface area contributed by atoms with Gasteiger partial charge in [-0.3, -0.25) is 0 Å². The minimum absolute atomic E-state index is 0.413. The van der Waals surface area contributed by atoms with Crippen LogP contribution < -0.4 is 17.0 Å². The predicted molar refractivity (Wildman–Crippen MR) is 69.8 cm³/mol. The monoisotopic (exact) mass is 267 g/mol. The Labute approximate surface area is 108 Å². The zero-order valence-corrected chi connectivity index (χ0v) is 10.3. The van der Waals surface area contributed by atoms with Crippen LogP contribution in [0.4, 0.5) is 11.5 Å². The van der Waals surface area contributed by atoms with E-state index >= 15 is 0 Å². The van der Waals surface area contributed by atoms with Gasteiger partial charge >= 0.3 is 0 Å². The third kappa shape index (κ3) is 2.79. The molecule has 0 aliphatic carbocycles. The number of anilines is 2. The molecular formula is C10H10ClN5S. The number of nitrogens with two attached hydrogens (primary N) is 2. The minimum Gasteiger partial charge on any atom is -0.393 e. The summed E-state index contributed by atoms with van der Waals surface area (Å²) in [5, 5.41) is 1.34. The van der Waals surface area contributed by atoms with Crippen LogP contribution in [0.3, 0.4) is 0 Å². The van der Waals surface area contributed by atoms with Crippen molar-refractivity contribution >= 4 is 34.9 Å². The maximum Gasteiger partial charge on any atom is 0.167 e. The predicted octanol–water partition coefficient (Wildman–Crippen LogP) is 2.15. The van der Waals surface area contributed by atoms with E-state index in [1.807, 2.05) is 24.3 Å². The first-order chi connectivity index (χ1) is 8.20. The lowest BCUT2D eigenvalue weighted by molar-refractivity contribution is 1.05. The van der Waals surface area contributed by atoms with Crippen LogP contribution in [-0.2, 0) is 0 Å². The number of hydrogen-bond acceptors (Lipinski definition) is 6. The van der Waals surface area contributed by atoms with Crippen LogP contribution in [0.5, 0.6) is 0 Å². The number of nitrogens with zero attached hydrogens (tertiary/aromatic N) is 2. The summed E-state index contributed by atoms with van der Waals surface area (Å²) >= 11 is 7.23. The number of benzene rings is 1. The first kappa shape index (κ1) is 12.0. The van der Waals surface area contributed by atoms with Crippen LogP contribution in [0.25, 0.3) is 0 Å². The summed E-state index contributed by atoms with van der Waals surface area (Å²) in [6, 6.07) is 7.40. The number of rotatable bonds is 3. The molecule has 0 atom stereocenters. The van der Waals surface area contributed by atoms with Crippen molar-refractivity contribution in [3.05, 3.63) is 35.6 Å². The van der Waals surface area contributed by atoms with Gasteiger partial charge in [-0.2, -0.15) is 0 Å². The summed E-state index contributed by atoms with van der Waals surface area (Å²) in [6.45, 7) is 0. The van der Waals surface area contributed by atoms with E-state index in [4.69, 9.17) is 23.2 Å². The molecule has 0 amide bonds. The molecule has 2 aromatic rings. The van der Waals surface area contributed by atoms with E-state index in [0.29, 0.717) is 21.6 Å². The van der Waals surface area contributed by atoms with Crippen LogP contribution in [0.15, 0.2) is 40.5 Å². The number of hydrazine groups is 1. The number of hydrogen-bond donors (Lipinski definition) is 3. The Morgan fingerprint density at radius 3 is 2.53 bits per heavy atom. The van der Waals surface area contributed by atoms with E-state index in [-0.39, 0.29) is 0 Å². The quantitative estimate of drug-likeness (QED) is 0.448. The molecule has 0 aliphatic rings. The standard InChI is InChI=1S/C10H10ClN5S/c11-6-1-3-7(4-2-6)17-10-8(12)9(16-13)14-5-15-10/h1-5H,12-13H2,(H,14,15,16). The molecule has 1 heterocycles. The van der Waals surface area contributed by atoms with Crippen LogP contribution in [0, 0.1) is 0 Å². The van der Waals surface area contributed by atoms with Crippen molar-refractivity contribution in [2.45, 2.75) is 9.92 Å². The summed E-state index contributed by atoms with van der Waals surface area (Å²) < 4.78 is 0. The van der Waals surface area contributed by atoms with Crippen molar-refractivity contribution in [1.29, 1.82) is 0 Å². The Morgan fingerprint density at radius 2 is 1.88 bits per heavy atom. The second-order valence-electron chi connectivity index (χ2n) is 3.14. The zero-order valence-electron chi connectivity index (χ0n) is 8.72. The van der Waals surface area contributed by atoms with Crippen LogP contribution >= 0.6 is 23.4 Å². The summed E-state index contributed by atoms with van der Waals surface area (Å²) in [6.07, 6.45) is 1.41. The second-order valence-corrected chi connectivity index (χ2v) is 4.64. The van der Waals surface area contributed by atoms with Gasteiger partial charge in [0.05, 0.1) is 0 Å². The van der Waals surface area contributed by atoms with Crippen molar-refractivity contribution < 1.29 is 0 Å². The third-order valence-corrected chi connectivity index (χ3v) is 3.29. The lowest BCUT2D eigenvalue weighted by Crippen LogP contribution is -2.11. The van der Waals surface area contributed by atoms with Gasteiger partial charge in [0.2, 0.25) is 0 Å². The van der Waals surface area contributed by atoms with Gasteiger partial charge in [-0.1, -0.05) is 23.4 Å². The van der Waals surface area contributed by atoms with Gasteiger partial charge < -0.3 is 11.2 Å². The van der Waals surface area contributed by atoms with Crippen LogP contribution in [0.2, 0.25) is 5.02 Å². The largest absolute Gasteiger partial charge is 0.393 e. The van der Waals surface area contributed by atoms with E-state index in [1.54, 1.807) is 0 Å². The topological polar surface area (TPSA) is 89.8 Å². The summed E-state index contributed by atoms with van der Waals surface area (Å²) in [5.41, 5.74) is 8.70. The van der Waals surface area contributed by atoms with E-state index in [0.717, 1.165) is 4.90 Å². The molecule has 0 radical (unpaired) electrons. The molecule has 7 heteroatoms. The molecule has 88 valence electrons. The molecule has 17 heavy (non-hydrogen) atoms. The zero-order chi connectivity index (χ0) is 12.3. The van der Waals surface area contributed by atoms with Gasteiger partial charge in [-0.15, -0.1) is 0 Å². The molecule has 1 aromatic carbocycles. The van der Waals surface area contributed by atoms with E-state index in [9.17, 15) is 0 Å². The molecule has 0 saturated carbocycles. The highest BCUT2D eigenvalue weighted by Crippen LogP contribution is 2.32. The fourth-order valence-electron chi connectivity index (χ4n) is 1.19. The van der Waals surface area contributed by atoms with Gasteiger partial charge in [-0.05, 0) is 24.3 Å². The SMILES string of the molecule is NNc1ncnc(Sc2ccc(Cl)cc2)c1N. The van der Waals surface area contributed by atoms with Crippen LogP contribution in [0.1, 0.15) is 0 Å². The van der Waals surface area contributed by atoms with Crippen LogP contribution in [-0.4, -0.2) is 9.97 Å². The maximum atomic E-state index is 5.86. The lowest BCUT2D eigenvalue weighted by Gasteiger charge is -2.07. The minimum atomic E-state index is 0.413. The maximum absolute atomic E-state index is 5.86. The summed E-state index contributed by atoms with van der Waals surface area (Å²) in [7, 11) is 0. The number of halogens is 1. The van der Waals surface area contributed by atoms with E-state index < -0.39 is 0 Å². The van der Waals surface area contributed by atoms with Gasteiger partial charge in [0.15, 0.2) is 5.82 Å². The fourth-order valence-corrected chi connectivity index (χ4v) is 2.12. The van der Waals surface area contributed by atoms with Gasteiger partial charge in [0.1, 0.15) is 17.0 Å². The lowest BCUT2D eigenvalue weighted by atomic mass is 10.4. The molecule has 2 rings (SSSR count). The Kier molecular flexibility index (Phi) is 3.68. The molecule has 0 bridgehead atoms. The van der Waals surface area contributed by atoms with E-state index in [2.05, 4.69) is 15.4 Å². The Hall–Kier alpha value is -1.50. The first-order valence-corrected chi connectivity index (χ1v) is 5.90. The average molecular weight is 268 g/mol. The smallest absolute Gasteiger partial charge is 0.167 e. The Morgan fingerprint density at radius 1 is 1.18 bits per heavy atom. The highest BCUT2D eigenvalue weighted by atomic mass is 35.5. The summed E-state index contributed by atoms with van der Waals surface area (Å²) in [4.78, 5) is 9.00. The molecule has 0 unspecified atom stereocenters. The van der Waals surface area contributed by atoms with Crippen molar-refractivity contribution in [3.63, 3.8) is 0 Å². The molecule has 0 fully saturated rings. The number of aromatic nitrogens is 2. The van der Waals surface area contributed by atoms with Crippen molar-refractivity contribution in [3.8, 4) is 0 Å². The Balaban J connectivity index is 2.27. The summed E-state index contributed by atoms with van der Waals surface area (Å²) in [5.74, 6) is 5.70. The molecule has 0 aliphatic heterocycles. The average Bonchev–Trinajstić information content (AvgIpc) is 2.35. The van der Waals surface area contributed by atoms with Gasteiger partial charge in [-0.25, -0.2) is 15.8 Å². The number of nitrogen functional groups attached to an aromatic ring is 2. The molecule has 5 N–H and O–H groups in total. The third-order valence-electron chi connectivity index (χ3n) is 2.01. The normalized spacial score (nSPS) is 10.2. The van der Waals surface area contributed by atoms with Crippen molar-refractivity contribution in [2.24, 2.45) is 5.84 Å². The molecule has 0 saturated heterocycles. The Bertz CT molecular complexity index is 517. The van der Waals surface area contributed by atoms with Gasteiger partial charge in [0.25, 0.3) is 0 Å². The highest BCUT2D eigenvalue weighted by molar-refractivity contribution is 7.99. The van der Waals surface area contributed by atoms with Crippen molar-refractivity contribution in [1.82, 2.24) is 9.97 Å². The van der Waals surface area contributed by atoms with Crippen molar-refractivity contribution in [2.75, 3.05) is 11.2 Å². The second kappa shape index (κ2) is 5.22. The molecule has 0 spiro atoms. The molecule has 1 aromatic heterocycles. The molecular weight excluding hydrogens is 258 g/mol.